The molecule has 0 unspecified atom stereocenters. The van der Waals surface area contributed by atoms with E-state index in [-0.39, 0.29) is 11.4 Å². The van der Waals surface area contributed by atoms with Crippen LogP contribution in [-0.4, -0.2) is 36.4 Å². The highest BCUT2D eigenvalue weighted by Gasteiger charge is 2.42. The summed E-state index contributed by atoms with van der Waals surface area (Å²) in [5.74, 6) is 1.14. The van der Waals surface area contributed by atoms with Gasteiger partial charge in [0.1, 0.15) is 5.54 Å². The molecule has 134 valence electrons. The molecule has 1 heterocycles. The number of nitrogens with one attached hydrogen (secondary N) is 2. The monoisotopic (exact) mass is 336 g/mol. The Morgan fingerprint density at radius 3 is 2.54 bits per heavy atom. The van der Waals surface area contributed by atoms with E-state index in [2.05, 4.69) is 20.8 Å². The number of nitrogens with zero attached hydrogens (tertiary/aromatic N) is 2. The minimum Gasteiger partial charge on any atom is -0.385 e. The molecule has 0 aromatic carbocycles. The van der Waals surface area contributed by atoms with Crippen LogP contribution in [0.25, 0.3) is 0 Å². The molecule has 0 spiro atoms. The molecule has 2 amide bonds. The van der Waals surface area contributed by atoms with Crippen LogP contribution in [-0.2, 0) is 10.3 Å². The molecule has 3 rings (SSSR count). The van der Waals surface area contributed by atoms with Gasteiger partial charge < -0.3 is 19.9 Å². The summed E-state index contributed by atoms with van der Waals surface area (Å²) >= 11 is 0. The van der Waals surface area contributed by atoms with E-state index in [1.165, 1.54) is 6.42 Å². The van der Waals surface area contributed by atoms with E-state index in [0.29, 0.717) is 18.3 Å². The SMILES string of the molecule is COCCC1(CNC(=O)NC2(c3noc(C)n3)CCCC2)CCC1. The maximum atomic E-state index is 12.5. The van der Waals surface area contributed by atoms with Crippen LogP contribution < -0.4 is 10.6 Å². The number of rotatable bonds is 7. The number of carbonyl (C=O) groups is 1. The molecule has 2 N–H and O–H groups in total. The van der Waals surface area contributed by atoms with Gasteiger partial charge in [-0.3, -0.25) is 0 Å². The van der Waals surface area contributed by atoms with E-state index in [1.807, 2.05) is 0 Å². The molecule has 2 fully saturated rings. The van der Waals surface area contributed by atoms with Crippen molar-refractivity contribution in [3.05, 3.63) is 11.7 Å². The number of hydrogen-bond acceptors (Lipinski definition) is 5. The lowest BCUT2D eigenvalue weighted by molar-refractivity contribution is 0.0707. The molecule has 2 aliphatic carbocycles. The van der Waals surface area contributed by atoms with Crippen LogP contribution >= 0.6 is 0 Å². The van der Waals surface area contributed by atoms with Crippen LogP contribution in [0.15, 0.2) is 4.52 Å². The van der Waals surface area contributed by atoms with E-state index in [4.69, 9.17) is 9.26 Å². The second-order valence-corrected chi connectivity index (χ2v) is 7.33. The largest absolute Gasteiger partial charge is 0.385 e. The van der Waals surface area contributed by atoms with Gasteiger partial charge in [-0.1, -0.05) is 24.4 Å². The Morgan fingerprint density at radius 1 is 1.25 bits per heavy atom. The standard InChI is InChI=1S/C17H28N4O3/c1-13-19-14(21-24-13)17(8-3-4-9-17)20-15(22)18-12-16(6-5-7-16)10-11-23-2/h3-12H2,1-2H3,(H2,18,20,22). The van der Waals surface area contributed by atoms with Crippen molar-refractivity contribution < 1.29 is 14.1 Å². The molecule has 0 aliphatic heterocycles. The van der Waals surface area contributed by atoms with Gasteiger partial charge in [-0.15, -0.1) is 0 Å². The highest BCUT2D eigenvalue weighted by Crippen LogP contribution is 2.43. The Hall–Kier alpha value is -1.63. The number of aromatic nitrogens is 2. The molecule has 7 heteroatoms. The Balaban J connectivity index is 1.58. The lowest BCUT2D eigenvalue weighted by Gasteiger charge is -2.42. The van der Waals surface area contributed by atoms with Crippen molar-refractivity contribution in [2.24, 2.45) is 5.41 Å². The van der Waals surface area contributed by atoms with Gasteiger partial charge in [-0.05, 0) is 37.5 Å². The van der Waals surface area contributed by atoms with E-state index in [0.717, 1.165) is 51.6 Å². The molecule has 1 aromatic rings. The molecular formula is C17H28N4O3. The van der Waals surface area contributed by atoms with Crippen LogP contribution in [0.2, 0.25) is 0 Å². The molecule has 0 radical (unpaired) electrons. The number of urea groups is 1. The predicted molar refractivity (Wildman–Crippen MR) is 88.5 cm³/mol. The zero-order chi connectivity index (χ0) is 17.0. The lowest BCUT2D eigenvalue weighted by Crippen LogP contribution is -2.52. The fourth-order valence-corrected chi connectivity index (χ4v) is 3.92. The number of hydrogen-bond donors (Lipinski definition) is 2. The van der Waals surface area contributed by atoms with Crippen LogP contribution in [0.4, 0.5) is 4.79 Å². The second kappa shape index (κ2) is 7.09. The second-order valence-electron chi connectivity index (χ2n) is 7.33. The third kappa shape index (κ3) is 3.55. The van der Waals surface area contributed by atoms with Crippen LogP contribution in [0, 0.1) is 12.3 Å². The van der Waals surface area contributed by atoms with Crippen molar-refractivity contribution in [3.8, 4) is 0 Å². The van der Waals surface area contributed by atoms with Crippen molar-refractivity contribution in [2.45, 2.75) is 63.8 Å². The van der Waals surface area contributed by atoms with Gasteiger partial charge in [-0.25, -0.2) is 4.79 Å². The Labute approximate surface area is 142 Å². The average Bonchev–Trinajstić information content (AvgIpc) is 3.16. The molecule has 24 heavy (non-hydrogen) atoms. The van der Waals surface area contributed by atoms with E-state index in [1.54, 1.807) is 14.0 Å². The van der Waals surface area contributed by atoms with Gasteiger partial charge in [0, 0.05) is 27.2 Å². The molecular weight excluding hydrogens is 308 g/mol. The maximum absolute atomic E-state index is 12.5. The number of methoxy groups -OCH3 is 1. The first-order valence-corrected chi connectivity index (χ1v) is 8.93. The van der Waals surface area contributed by atoms with Gasteiger partial charge in [0.15, 0.2) is 5.82 Å². The minimum absolute atomic E-state index is 0.136. The van der Waals surface area contributed by atoms with Crippen molar-refractivity contribution >= 4 is 6.03 Å². The van der Waals surface area contributed by atoms with E-state index < -0.39 is 5.54 Å². The van der Waals surface area contributed by atoms with Gasteiger partial charge >= 0.3 is 6.03 Å². The van der Waals surface area contributed by atoms with Gasteiger partial charge in [0.05, 0.1) is 0 Å². The summed E-state index contributed by atoms with van der Waals surface area (Å²) in [5, 5.41) is 10.3. The molecule has 0 saturated heterocycles. The van der Waals surface area contributed by atoms with Crippen molar-refractivity contribution in [1.29, 1.82) is 0 Å². The number of carbonyl (C=O) groups excluding carboxylic acids is 1. The molecule has 2 saturated carbocycles. The normalized spacial score (nSPS) is 21.2. The zero-order valence-electron chi connectivity index (χ0n) is 14.7. The van der Waals surface area contributed by atoms with Crippen molar-refractivity contribution in [1.82, 2.24) is 20.8 Å². The number of amides is 2. The Kier molecular flexibility index (Phi) is 5.08. The van der Waals surface area contributed by atoms with E-state index in [9.17, 15) is 4.79 Å². The quantitative estimate of drug-likeness (QED) is 0.799. The third-order valence-electron chi connectivity index (χ3n) is 5.64. The fourth-order valence-electron chi connectivity index (χ4n) is 3.92. The van der Waals surface area contributed by atoms with E-state index >= 15 is 0 Å². The lowest BCUT2D eigenvalue weighted by atomic mass is 9.67. The fraction of sp³-hybridized carbons (Fsp3) is 0.824. The molecule has 7 nitrogen and oxygen atoms in total. The Bertz CT molecular complexity index is 562. The van der Waals surface area contributed by atoms with Crippen LogP contribution in [0.3, 0.4) is 0 Å². The summed E-state index contributed by atoms with van der Waals surface area (Å²) in [7, 11) is 1.73. The average molecular weight is 336 g/mol. The summed E-state index contributed by atoms with van der Waals surface area (Å²) < 4.78 is 10.3. The first-order valence-electron chi connectivity index (χ1n) is 8.93. The summed E-state index contributed by atoms with van der Waals surface area (Å²) in [6.45, 7) is 3.22. The van der Waals surface area contributed by atoms with Crippen molar-refractivity contribution in [2.75, 3.05) is 20.3 Å². The van der Waals surface area contributed by atoms with Crippen molar-refractivity contribution in [3.63, 3.8) is 0 Å². The molecule has 0 atom stereocenters. The smallest absolute Gasteiger partial charge is 0.315 e. The van der Waals surface area contributed by atoms with Gasteiger partial charge in [0.2, 0.25) is 5.89 Å². The minimum atomic E-state index is -0.485. The number of aryl methyl sites for hydroxylation is 1. The summed E-state index contributed by atoms with van der Waals surface area (Å²) in [6.07, 6.45) is 8.38. The van der Waals surface area contributed by atoms with Crippen LogP contribution in [0.5, 0.6) is 0 Å². The molecule has 0 bridgehead atoms. The first-order chi connectivity index (χ1) is 11.6. The van der Waals surface area contributed by atoms with Gasteiger partial charge in [-0.2, -0.15) is 4.98 Å². The highest BCUT2D eigenvalue weighted by molar-refractivity contribution is 5.75. The molecule has 1 aromatic heterocycles. The first kappa shape index (κ1) is 17.2. The summed E-state index contributed by atoms with van der Waals surface area (Å²) in [6, 6.07) is -0.136. The van der Waals surface area contributed by atoms with Gasteiger partial charge in [0.25, 0.3) is 0 Å². The topological polar surface area (TPSA) is 89.3 Å². The maximum Gasteiger partial charge on any atom is 0.315 e. The third-order valence-corrected chi connectivity index (χ3v) is 5.64. The predicted octanol–water partition coefficient (Wildman–Crippen LogP) is 2.65. The summed E-state index contributed by atoms with van der Waals surface area (Å²) in [5.41, 5.74) is -0.278. The molecule has 2 aliphatic rings. The highest BCUT2D eigenvalue weighted by atomic mass is 16.5. The summed E-state index contributed by atoms with van der Waals surface area (Å²) in [4.78, 5) is 16.9. The number of ether oxygens (including phenoxy) is 1. The Morgan fingerprint density at radius 2 is 2.00 bits per heavy atom. The van der Waals surface area contributed by atoms with Crippen LogP contribution in [0.1, 0.15) is 63.1 Å². The zero-order valence-corrected chi connectivity index (χ0v) is 14.7.